The van der Waals surface area contributed by atoms with Gasteiger partial charge in [-0.05, 0) is 42.5 Å². The first kappa shape index (κ1) is 13.2. The fourth-order valence-corrected chi connectivity index (χ4v) is 2.46. The summed E-state index contributed by atoms with van der Waals surface area (Å²) in [5.74, 6) is 1.27. The third kappa shape index (κ3) is 2.23. The molecule has 0 unspecified atom stereocenters. The zero-order valence-electron chi connectivity index (χ0n) is 12.0. The minimum atomic E-state index is 0.286. The topological polar surface area (TPSA) is 67.6 Å². The van der Waals surface area contributed by atoms with Gasteiger partial charge in [0.15, 0.2) is 0 Å². The van der Waals surface area contributed by atoms with E-state index in [1.165, 1.54) is 0 Å². The molecule has 1 aromatic heterocycles. The molecule has 1 heterocycles. The monoisotopic (exact) mass is 276 g/mol. The van der Waals surface area contributed by atoms with Crippen LogP contribution < -0.4 is 5.73 Å². The van der Waals surface area contributed by atoms with E-state index in [0.29, 0.717) is 11.3 Å². The van der Waals surface area contributed by atoms with Crippen LogP contribution in [0.5, 0.6) is 0 Å². The van der Waals surface area contributed by atoms with Crippen LogP contribution in [0.1, 0.15) is 31.2 Å². The minimum Gasteiger partial charge on any atom is -0.399 e. The number of rotatable bonds is 2. The summed E-state index contributed by atoms with van der Waals surface area (Å²) >= 11 is 0. The van der Waals surface area contributed by atoms with Gasteiger partial charge in [-0.2, -0.15) is 5.26 Å². The van der Waals surface area contributed by atoms with Crippen molar-refractivity contribution < 1.29 is 0 Å². The van der Waals surface area contributed by atoms with E-state index in [9.17, 15) is 0 Å². The largest absolute Gasteiger partial charge is 0.399 e. The first-order chi connectivity index (χ1) is 10.1. The van der Waals surface area contributed by atoms with Crippen LogP contribution in [0.2, 0.25) is 0 Å². The maximum Gasteiger partial charge on any atom is 0.117 e. The Labute approximate surface area is 123 Å². The minimum absolute atomic E-state index is 0.286. The average molecular weight is 276 g/mol. The molecule has 4 nitrogen and oxygen atoms in total. The van der Waals surface area contributed by atoms with E-state index in [-0.39, 0.29) is 5.92 Å². The van der Waals surface area contributed by atoms with Crippen molar-refractivity contribution in [3.63, 3.8) is 0 Å². The van der Waals surface area contributed by atoms with Crippen molar-refractivity contribution in [2.24, 2.45) is 0 Å². The molecule has 0 aliphatic rings. The molecule has 0 saturated heterocycles. The smallest absolute Gasteiger partial charge is 0.117 e. The molecule has 2 N–H and O–H groups in total. The van der Waals surface area contributed by atoms with Gasteiger partial charge in [-0.3, -0.25) is 4.57 Å². The van der Waals surface area contributed by atoms with Crippen molar-refractivity contribution in [1.82, 2.24) is 9.55 Å². The van der Waals surface area contributed by atoms with Crippen LogP contribution in [-0.2, 0) is 0 Å². The number of anilines is 1. The summed E-state index contributed by atoms with van der Waals surface area (Å²) in [5.41, 5.74) is 10.1. The standard InChI is InChI=1S/C17H16N4/c1-11(2)17-20-15-9-13(19)5-8-16(15)21(17)14-6-3-12(10-18)4-7-14/h3-9,11H,19H2,1-2H3. The Morgan fingerprint density at radius 3 is 2.48 bits per heavy atom. The second kappa shape index (κ2) is 4.95. The summed E-state index contributed by atoms with van der Waals surface area (Å²) in [6, 6.07) is 15.4. The second-order valence-corrected chi connectivity index (χ2v) is 5.37. The Kier molecular flexibility index (Phi) is 3.11. The first-order valence-corrected chi connectivity index (χ1v) is 6.88. The van der Waals surface area contributed by atoms with Crippen LogP contribution in [0.15, 0.2) is 42.5 Å². The van der Waals surface area contributed by atoms with Crippen LogP contribution in [0.25, 0.3) is 16.7 Å². The van der Waals surface area contributed by atoms with Crippen molar-refractivity contribution >= 4 is 16.7 Å². The van der Waals surface area contributed by atoms with Crippen molar-refractivity contribution in [2.75, 3.05) is 5.73 Å². The Balaban J connectivity index is 2.28. The van der Waals surface area contributed by atoms with Crippen molar-refractivity contribution in [1.29, 1.82) is 5.26 Å². The number of nitriles is 1. The number of nitrogens with two attached hydrogens (primary N) is 1. The number of fused-ring (bicyclic) bond motifs is 1. The Morgan fingerprint density at radius 2 is 1.86 bits per heavy atom. The lowest BCUT2D eigenvalue weighted by Crippen LogP contribution is -2.03. The van der Waals surface area contributed by atoms with Crippen LogP contribution in [0, 0.1) is 11.3 Å². The molecule has 4 heteroatoms. The number of imidazole rings is 1. The summed E-state index contributed by atoms with van der Waals surface area (Å²) in [6.07, 6.45) is 0. The second-order valence-electron chi connectivity index (χ2n) is 5.37. The van der Waals surface area contributed by atoms with Gasteiger partial charge in [0.05, 0.1) is 22.7 Å². The molecule has 0 radical (unpaired) electrons. The van der Waals surface area contributed by atoms with Crippen molar-refractivity contribution in [2.45, 2.75) is 19.8 Å². The van der Waals surface area contributed by atoms with E-state index in [4.69, 9.17) is 16.0 Å². The lowest BCUT2D eigenvalue weighted by atomic mass is 10.2. The molecule has 0 aliphatic heterocycles. The summed E-state index contributed by atoms with van der Waals surface area (Å²) < 4.78 is 2.13. The zero-order chi connectivity index (χ0) is 15.0. The van der Waals surface area contributed by atoms with Gasteiger partial charge >= 0.3 is 0 Å². The molecule has 3 rings (SSSR count). The molecule has 0 atom stereocenters. The van der Waals surface area contributed by atoms with Gasteiger partial charge < -0.3 is 5.73 Å². The van der Waals surface area contributed by atoms with E-state index in [2.05, 4.69) is 24.5 Å². The van der Waals surface area contributed by atoms with Gasteiger partial charge in [0.25, 0.3) is 0 Å². The predicted molar refractivity (Wildman–Crippen MR) is 84.3 cm³/mol. The van der Waals surface area contributed by atoms with Gasteiger partial charge in [-0.25, -0.2) is 4.98 Å². The van der Waals surface area contributed by atoms with Crippen molar-refractivity contribution in [3.05, 3.63) is 53.9 Å². The van der Waals surface area contributed by atoms with Crippen molar-refractivity contribution in [3.8, 4) is 11.8 Å². The summed E-state index contributed by atoms with van der Waals surface area (Å²) in [5, 5.41) is 8.92. The molecule has 3 aromatic rings. The zero-order valence-corrected chi connectivity index (χ0v) is 12.0. The summed E-state index contributed by atoms with van der Waals surface area (Å²) in [4.78, 5) is 4.71. The lowest BCUT2D eigenvalue weighted by Gasteiger charge is -2.11. The van der Waals surface area contributed by atoms with E-state index in [1.807, 2.05) is 42.5 Å². The molecular weight excluding hydrogens is 260 g/mol. The van der Waals surface area contributed by atoms with Gasteiger partial charge in [-0.1, -0.05) is 13.8 Å². The molecule has 0 spiro atoms. The molecule has 2 aromatic carbocycles. The van der Waals surface area contributed by atoms with Gasteiger partial charge in [0.1, 0.15) is 5.82 Å². The maximum absolute atomic E-state index is 8.92. The average Bonchev–Trinajstić information content (AvgIpc) is 2.86. The quantitative estimate of drug-likeness (QED) is 0.727. The fraction of sp³-hybridized carbons (Fsp3) is 0.176. The molecule has 0 aliphatic carbocycles. The molecule has 0 amide bonds. The van der Waals surface area contributed by atoms with E-state index in [0.717, 1.165) is 22.5 Å². The molecular formula is C17H16N4. The van der Waals surface area contributed by atoms with Gasteiger partial charge in [-0.15, -0.1) is 0 Å². The highest BCUT2D eigenvalue weighted by Gasteiger charge is 2.15. The third-order valence-electron chi connectivity index (χ3n) is 3.48. The van der Waals surface area contributed by atoms with Crippen LogP contribution in [0.4, 0.5) is 5.69 Å². The number of aromatic nitrogens is 2. The first-order valence-electron chi connectivity index (χ1n) is 6.88. The lowest BCUT2D eigenvalue weighted by molar-refractivity contribution is 0.760. The van der Waals surface area contributed by atoms with Gasteiger partial charge in [0, 0.05) is 17.3 Å². The number of hydrogen-bond donors (Lipinski definition) is 1. The van der Waals surface area contributed by atoms with E-state index < -0.39 is 0 Å². The molecule has 0 fully saturated rings. The summed E-state index contributed by atoms with van der Waals surface area (Å²) in [6.45, 7) is 4.23. The van der Waals surface area contributed by atoms with Crippen LogP contribution in [-0.4, -0.2) is 9.55 Å². The van der Waals surface area contributed by atoms with Gasteiger partial charge in [0.2, 0.25) is 0 Å². The molecule has 0 saturated carbocycles. The predicted octanol–water partition coefficient (Wildman–Crippen LogP) is 3.60. The third-order valence-corrected chi connectivity index (χ3v) is 3.48. The Morgan fingerprint density at radius 1 is 1.14 bits per heavy atom. The number of nitrogen functional groups attached to an aromatic ring is 1. The number of hydrogen-bond acceptors (Lipinski definition) is 3. The fourth-order valence-electron chi connectivity index (χ4n) is 2.46. The SMILES string of the molecule is CC(C)c1nc2cc(N)ccc2n1-c1ccc(C#N)cc1. The number of benzene rings is 2. The number of nitrogens with zero attached hydrogens (tertiary/aromatic N) is 3. The molecule has 104 valence electrons. The highest BCUT2D eigenvalue weighted by Crippen LogP contribution is 2.27. The highest BCUT2D eigenvalue weighted by molar-refractivity contribution is 5.81. The van der Waals surface area contributed by atoms with E-state index >= 15 is 0 Å². The molecule has 21 heavy (non-hydrogen) atoms. The normalized spacial score (nSPS) is 11.0. The highest BCUT2D eigenvalue weighted by atomic mass is 15.1. The maximum atomic E-state index is 8.92. The van der Waals surface area contributed by atoms with Crippen LogP contribution in [0.3, 0.4) is 0 Å². The van der Waals surface area contributed by atoms with E-state index in [1.54, 1.807) is 0 Å². The summed E-state index contributed by atoms with van der Waals surface area (Å²) in [7, 11) is 0. The van der Waals surface area contributed by atoms with Crippen LogP contribution >= 0.6 is 0 Å². The Bertz CT molecular complexity index is 836. The molecule has 0 bridgehead atoms. The Hall–Kier alpha value is -2.80.